The van der Waals surface area contributed by atoms with Crippen molar-refractivity contribution in [3.05, 3.63) is 0 Å². The topological polar surface area (TPSA) is 0 Å². The minimum Gasteiger partial charge on any atom is -0.0629 e. The van der Waals surface area contributed by atoms with Gasteiger partial charge in [0.25, 0.3) is 0 Å². The van der Waals surface area contributed by atoms with Gasteiger partial charge in [-0.2, -0.15) is 0 Å². The van der Waals surface area contributed by atoms with Crippen molar-refractivity contribution in [2.75, 3.05) is 0 Å². The Morgan fingerprint density at radius 3 is 1.45 bits per heavy atom. The van der Waals surface area contributed by atoms with E-state index in [1.54, 1.807) is 25.7 Å². The van der Waals surface area contributed by atoms with E-state index in [9.17, 15) is 0 Å². The molecule has 0 nitrogen and oxygen atoms in total. The van der Waals surface area contributed by atoms with Crippen molar-refractivity contribution in [2.24, 2.45) is 17.8 Å². The maximum absolute atomic E-state index is 2.59. The highest BCUT2D eigenvalue weighted by Crippen LogP contribution is 2.54. The highest BCUT2D eigenvalue weighted by molar-refractivity contribution is 6.64. The summed E-state index contributed by atoms with van der Waals surface area (Å²) in [6.07, 6.45) is 15.4. The first-order valence-electron chi connectivity index (χ1n) is 9.66. The zero-order valence-electron chi connectivity index (χ0n) is 14.1. The summed E-state index contributed by atoms with van der Waals surface area (Å²) in [4.78, 5) is 0. The Bertz CT molecular complexity index is 273. The Kier molecular flexibility index (Phi) is 4.83. The Morgan fingerprint density at radius 1 is 0.650 bits per heavy atom. The van der Waals surface area contributed by atoms with Crippen molar-refractivity contribution in [1.82, 2.24) is 0 Å². The molecule has 0 bridgehead atoms. The molecule has 0 amide bonds. The van der Waals surface area contributed by atoms with E-state index in [0.29, 0.717) is 0 Å². The lowest BCUT2D eigenvalue weighted by Gasteiger charge is -2.45. The van der Waals surface area contributed by atoms with E-state index >= 15 is 0 Å². The molecule has 0 radical (unpaired) electrons. The van der Waals surface area contributed by atoms with Gasteiger partial charge in [-0.25, -0.2) is 0 Å². The Balaban J connectivity index is 1.79. The largest absolute Gasteiger partial charge is 0.150 e. The third-order valence-corrected chi connectivity index (χ3v) is 7.20. The second-order valence-electron chi connectivity index (χ2n) is 8.77. The molecule has 0 saturated heterocycles. The van der Waals surface area contributed by atoms with E-state index in [1.807, 2.05) is 0 Å². The van der Waals surface area contributed by atoms with Gasteiger partial charge < -0.3 is 0 Å². The molecule has 3 aliphatic rings. The SMILES string of the molecule is CC1CC(C)C(B(C2CCCC2)C2CCCC2)C(C)C1. The summed E-state index contributed by atoms with van der Waals surface area (Å²) in [5.74, 6) is 6.20. The van der Waals surface area contributed by atoms with E-state index in [-0.39, 0.29) is 0 Å². The van der Waals surface area contributed by atoms with Crippen molar-refractivity contribution in [1.29, 1.82) is 0 Å². The molecule has 0 N–H and O–H groups in total. The standard InChI is InChI=1S/C19H35B/c1-14-12-15(2)19(16(3)13-14)20(17-8-4-5-9-17)18-10-6-7-11-18/h14-19H,4-13H2,1-3H3. The number of rotatable bonds is 3. The minimum absolute atomic E-state index is 0.976. The molecule has 2 atom stereocenters. The summed E-state index contributed by atoms with van der Waals surface area (Å²) in [5, 5.41) is 0. The molecule has 0 aromatic carbocycles. The van der Waals surface area contributed by atoms with Crippen LogP contribution in [-0.2, 0) is 0 Å². The first-order valence-corrected chi connectivity index (χ1v) is 9.66. The monoisotopic (exact) mass is 274 g/mol. The summed E-state index contributed by atoms with van der Waals surface area (Å²) < 4.78 is 0. The summed E-state index contributed by atoms with van der Waals surface area (Å²) in [7, 11) is 0. The van der Waals surface area contributed by atoms with Crippen LogP contribution in [0.15, 0.2) is 0 Å². The molecule has 0 spiro atoms. The van der Waals surface area contributed by atoms with Crippen LogP contribution in [0.4, 0.5) is 0 Å². The van der Waals surface area contributed by atoms with Crippen molar-refractivity contribution >= 4 is 6.71 Å². The molecular weight excluding hydrogens is 239 g/mol. The zero-order valence-corrected chi connectivity index (χ0v) is 14.1. The highest BCUT2D eigenvalue weighted by atomic mass is 14.4. The average Bonchev–Trinajstić information content (AvgIpc) is 3.07. The molecule has 0 aromatic rings. The second kappa shape index (κ2) is 6.45. The van der Waals surface area contributed by atoms with Crippen LogP contribution in [0.3, 0.4) is 0 Å². The molecule has 0 aliphatic heterocycles. The van der Waals surface area contributed by atoms with E-state index < -0.39 is 0 Å². The van der Waals surface area contributed by atoms with Crippen LogP contribution in [0.5, 0.6) is 0 Å². The lowest BCUT2D eigenvalue weighted by Crippen LogP contribution is -2.40. The number of hydrogen-bond acceptors (Lipinski definition) is 0. The fraction of sp³-hybridized carbons (Fsp3) is 1.00. The van der Waals surface area contributed by atoms with Crippen LogP contribution >= 0.6 is 0 Å². The van der Waals surface area contributed by atoms with Gasteiger partial charge in [-0.3, -0.25) is 0 Å². The molecule has 3 fully saturated rings. The Hall–Kier alpha value is 0.0649. The van der Waals surface area contributed by atoms with Crippen LogP contribution in [-0.4, -0.2) is 6.71 Å². The summed E-state index contributed by atoms with van der Waals surface area (Å²) in [5.41, 5.74) is 0. The third-order valence-electron chi connectivity index (χ3n) is 7.20. The average molecular weight is 274 g/mol. The van der Waals surface area contributed by atoms with Gasteiger partial charge in [0.15, 0.2) is 0 Å². The van der Waals surface area contributed by atoms with Gasteiger partial charge in [0.05, 0.1) is 0 Å². The first kappa shape index (κ1) is 15.0. The van der Waals surface area contributed by atoms with Crippen LogP contribution < -0.4 is 0 Å². The summed E-state index contributed by atoms with van der Waals surface area (Å²) >= 11 is 0. The molecule has 0 heterocycles. The molecule has 3 aliphatic carbocycles. The molecule has 0 aromatic heterocycles. The molecule has 1 heteroatoms. The fourth-order valence-corrected chi connectivity index (χ4v) is 6.70. The minimum atomic E-state index is 0.976. The van der Waals surface area contributed by atoms with E-state index in [2.05, 4.69) is 20.8 Å². The first-order chi connectivity index (χ1) is 9.66. The molecule has 2 unspecified atom stereocenters. The molecule has 3 saturated carbocycles. The summed E-state index contributed by atoms with van der Waals surface area (Å²) in [6, 6.07) is 0. The van der Waals surface area contributed by atoms with Gasteiger partial charge in [0, 0.05) is 0 Å². The van der Waals surface area contributed by atoms with Crippen molar-refractivity contribution in [3.63, 3.8) is 0 Å². The van der Waals surface area contributed by atoms with Crippen LogP contribution in [0.25, 0.3) is 0 Å². The van der Waals surface area contributed by atoms with Gasteiger partial charge in [0.2, 0.25) is 0 Å². The highest BCUT2D eigenvalue weighted by Gasteiger charge is 2.46. The van der Waals surface area contributed by atoms with Crippen molar-refractivity contribution < 1.29 is 0 Å². The third kappa shape index (κ3) is 2.97. The maximum Gasteiger partial charge on any atom is 0.150 e. The van der Waals surface area contributed by atoms with Crippen LogP contribution in [0, 0.1) is 17.8 Å². The van der Waals surface area contributed by atoms with E-state index in [0.717, 1.165) is 41.9 Å². The van der Waals surface area contributed by atoms with E-state index in [4.69, 9.17) is 0 Å². The number of hydrogen-bond donors (Lipinski definition) is 0. The lowest BCUT2D eigenvalue weighted by molar-refractivity contribution is 0.226. The quantitative estimate of drug-likeness (QED) is 0.519. The van der Waals surface area contributed by atoms with Crippen molar-refractivity contribution in [2.45, 2.75) is 102 Å². The molecule has 114 valence electrons. The lowest BCUT2D eigenvalue weighted by atomic mass is 9.23. The normalized spacial score (nSPS) is 40.4. The molecular formula is C19H35B. The molecule has 3 rings (SSSR count). The van der Waals surface area contributed by atoms with Gasteiger partial charge in [-0.1, -0.05) is 89.6 Å². The Labute approximate surface area is 127 Å². The van der Waals surface area contributed by atoms with Gasteiger partial charge in [-0.15, -0.1) is 0 Å². The maximum atomic E-state index is 2.59. The fourth-order valence-electron chi connectivity index (χ4n) is 6.70. The smallest absolute Gasteiger partial charge is 0.0629 e. The van der Waals surface area contributed by atoms with Crippen LogP contribution in [0.2, 0.25) is 17.5 Å². The van der Waals surface area contributed by atoms with Gasteiger partial charge >= 0.3 is 0 Å². The molecule has 20 heavy (non-hydrogen) atoms. The predicted octanol–water partition coefficient (Wildman–Crippen LogP) is 6.44. The zero-order chi connectivity index (χ0) is 14.1. The van der Waals surface area contributed by atoms with Crippen molar-refractivity contribution in [3.8, 4) is 0 Å². The second-order valence-corrected chi connectivity index (χ2v) is 8.77. The predicted molar refractivity (Wildman–Crippen MR) is 90.7 cm³/mol. The van der Waals surface area contributed by atoms with Gasteiger partial charge in [0.1, 0.15) is 6.71 Å². The van der Waals surface area contributed by atoms with Gasteiger partial charge in [-0.05, 0) is 30.6 Å². The summed E-state index contributed by atoms with van der Waals surface area (Å²) in [6.45, 7) is 8.77. The van der Waals surface area contributed by atoms with Crippen LogP contribution in [0.1, 0.15) is 85.0 Å². The Morgan fingerprint density at radius 2 is 1.05 bits per heavy atom. The van der Waals surface area contributed by atoms with E-state index in [1.165, 1.54) is 38.5 Å².